The predicted octanol–water partition coefficient (Wildman–Crippen LogP) is 5.42. The van der Waals surface area contributed by atoms with Gasteiger partial charge in [0.25, 0.3) is 0 Å². The molecular formula is C30H29NSi. The van der Waals surface area contributed by atoms with E-state index < -0.39 is 13.5 Å². The van der Waals surface area contributed by atoms with E-state index in [1.54, 1.807) is 0 Å². The first-order chi connectivity index (χ1) is 15.7. The SMILES string of the molecule is CCC(C#N)(CC[Si](c1ccccc1)(c1ccccc1)c1ccccc1)c1ccccc1. The minimum absolute atomic E-state index is 0.488. The molecule has 0 bridgehead atoms. The highest BCUT2D eigenvalue weighted by Crippen LogP contribution is 2.34. The highest BCUT2D eigenvalue weighted by Gasteiger charge is 2.42. The molecule has 0 saturated carbocycles. The van der Waals surface area contributed by atoms with Crippen molar-refractivity contribution in [1.82, 2.24) is 0 Å². The van der Waals surface area contributed by atoms with Gasteiger partial charge in [0.2, 0.25) is 0 Å². The number of nitrogens with zero attached hydrogens (tertiary/aromatic N) is 1. The summed E-state index contributed by atoms with van der Waals surface area (Å²) in [5, 5.41) is 14.6. The number of nitriles is 1. The summed E-state index contributed by atoms with van der Waals surface area (Å²) in [6.45, 7) is 2.15. The van der Waals surface area contributed by atoms with E-state index in [0.29, 0.717) is 0 Å². The zero-order valence-electron chi connectivity index (χ0n) is 18.6. The van der Waals surface area contributed by atoms with Crippen molar-refractivity contribution in [2.75, 3.05) is 0 Å². The van der Waals surface area contributed by atoms with E-state index >= 15 is 0 Å². The number of rotatable bonds is 8. The molecule has 0 aliphatic rings. The average Bonchev–Trinajstić information content (AvgIpc) is 2.89. The summed E-state index contributed by atoms with van der Waals surface area (Å²) in [4.78, 5) is 0. The highest BCUT2D eigenvalue weighted by molar-refractivity contribution is 7.11. The van der Waals surface area contributed by atoms with Gasteiger partial charge in [-0.05, 0) is 40.0 Å². The monoisotopic (exact) mass is 431 g/mol. The van der Waals surface area contributed by atoms with Gasteiger partial charge in [-0.3, -0.25) is 0 Å². The van der Waals surface area contributed by atoms with E-state index in [0.717, 1.165) is 24.4 Å². The lowest BCUT2D eigenvalue weighted by molar-refractivity contribution is 0.509. The number of hydrogen-bond donors (Lipinski definition) is 0. The van der Waals surface area contributed by atoms with E-state index in [4.69, 9.17) is 0 Å². The summed E-state index contributed by atoms with van der Waals surface area (Å²) in [6, 6.07) is 47.0. The summed E-state index contributed by atoms with van der Waals surface area (Å²) in [5.41, 5.74) is 0.639. The lowest BCUT2D eigenvalue weighted by Gasteiger charge is -2.37. The van der Waals surface area contributed by atoms with Crippen molar-refractivity contribution in [2.45, 2.75) is 31.2 Å². The van der Waals surface area contributed by atoms with Crippen LogP contribution in [0.5, 0.6) is 0 Å². The standard InChI is InChI=1S/C30H29NSi/c1-2-30(25-31,26-15-7-3-8-16-26)23-24-32(27-17-9-4-10-18-27,28-19-11-5-12-20-28)29-21-13-6-14-22-29/h3-22H,2,23-24H2,1H3. The number of benzene rings is 4. The van der Waals surface area contributed by atoms with Crippen LogP contribution >= 0.6 is 0 Å². The molecule has 1 nitrogen and oxygen atoms in total. The van der Waals surface area contributed by atoms with Crippen LogP contribution in [0.2, 0.25) is 6.04 Å². The van der Waals surface area contributed by atoms with Crippen LogP contribution in [0, 0.1) is 11.3 Å². The zero-order valence-corrected chi connectivity index (χ0v) is 19.6. The summed E-state index contributed by atoms with van der Waals surface area (Å²) < 4.78 is 0. The second kappa shape index (κ2) is 9.81. The molecule has 4 aromatic carbocycles. The quantitative estimate of drug-likeness (QED) is 0.270. The Bertz CT molecular complexity index is 1050. The Morgan fingerprint density at radius 1 is 0.625 bits per heavy atom. The van der Waals surface area contributed by atoms with E-state index in [1.807, 2.05) is 18.2 Å². The first-order valence-electron chi connectivity index (χ1n) is 11.4. The van der Waals surface area contributed by atoms with Crippen LogP contribution in [0.1, 0.15) is 25.3 Å². The lowest BCUT2D eigenvalue weighted by atomic mass is 9.77. The molecule has 1 unspecified atom stereocenters. The molecule has 158 valence electrons. The van der Waals surface area contributed by atoms with Crippen molar-refractivity contribution in [1.29, 1.82) is 5.26 Å². The van der Waals surface area contributed by atoms with Crippen LogP contribution in [0.25, 0.3) is 0 Å². The Balaban J connectivity index is 1.89. The Hall–Kier alpha value is -3.41. The van der Waals surface area contributed by atoms with Gasteiger partial charge in [-0.15, -0.1) is 0 Å². The first-order valence-corrected chi connectivity index (χ1v) is 13.6. The molecule has 0 spiro atoms. The maximum Gasteiger partial charge on any atom is 0.148 e. The third-order valence-electron chi connectivity index (χ3n) is 6.87. The van der Waals surface area contributed by atoms with Crippen LogP contribution in [-0.2, 0) is 5.41 Å². The molecule has 0 heterocycles. The molecule has 0 N–H and O–H groups in total. The van der Waals surface area contributed by atoms with E-state index in [2.05, 4.69) is 116 Å². The van der Waals surface area contributed by atoms with Gasteiger partial charge < -0.3 is 0 Å². The number of hydrogen-bond acceptors (Lipinski definition) is 1. The smallest absolute Gasteiger partial charge is 0.148 e. The molecule has 0 fully saturated rings. The third kappa shape index (κ3) is 4.05. The summed E-state index contributed by atoms with van der Waals surface area (Å²) in [6.07, 6.45) is 1.63. The third-order valence-corrected chi connectivity index (χ3v) is 11.8. The topological polar surface area (TPSA) is 23.8 Å². The van der Waals surface area contributed by atoms with Crippen LogP contribution in [0.3, 0.4) is 0 Å². The van der Waals surface area contributed by atoms with Gasteiger partial charge in [0.1, 0.15) is 8.07 Å². The minimum atomic E-state index is -2.35. The van der Waals surface area contributed by atoms with Gasteiger partial charge in [-0.1, -0.05) is 128 Å². The predicted molar refractivity (Wildman–Crippen MR) is 137 cm³/mol. The fourth-order valence-electron chi connectivity index (χ4n) is 4.98. The molecule has 0 amide bonds. The van der Waals surface area contributed by atoms with Gasteiger partial charge in [0.05, 0.1) is 11.5 Å². The molecule has 2 heteroatoms. The maximum atomic E-state index is 10.4. The minimum Gasteiger partial charge on any atom is -0.197 e. The average molecular weight is 432 g/mol. The van der Waals surface area contributed by atoms with Crippen molar-refractivity contribution in [3.8, 4) is 6.07 Å². The van der Waals surface area contributed by atoms with Gasteiger partial charge >= 0.3 is 0 Å². The summed E-state index contributed by atoms with van der Waals surface area (Å²) in [5.74, 6) is 0. The molecule has 4 aromatic rings. The van der Waals surface area contributed by atoms with Gasteiger partial charge in [-0.25, -0.2) is 0 Å². The second-order valence-electron chi connectivity index (χ2n) is 8.42. The van der Waals surface area contributed by atoms with Crippen molar-refractivity contribution in [3.63, 3.8) is 0 Å². The van der Waals surface area contributed by atoms with Crippen LogP contribution in [0.4, 0.5) is 0 Å². The largest absolute Gasteiger partial charge is 0.197 e. The van der Waals surface area contributed by atoms with Crippen molar-refractivity contribution < 1.29 is 0 Å². The van der Waals surface area contributed by atoms with Gasteiger partial charge in [-0.2, -0.15) is 5.26 Å². The first kappa shape index (κ1) is 21.8. The molecule has 0 aliphatic heterocycles. The van der Waals surface area contributed by atoms with Gasteiger partial charge in [0, 0.05) is 0 Å². The fraction of sp³-hybridized carbons (Fsp3) is 0.167. The Morgan fingerprint density at radius 2 is 1.00 bits per heavy atom. The van der Waals surface area contributed by atoms with Crippen molar-refractivity contribution >= 4 is 23.6 Å². The second-order valence-corrected chi connectivity index (χ2v) is 12.5. The Labute approximate surface area is 193 Å². The molecular weight excluding hydrogens is 402 g/mol. The molecule has 0 saturated heterocycles. The Morgan fingerprint density at radius 3 is 1.34 bits per heavy atom. The van der Waals surface area contributed by atoms with Crippen LogP contribution in [-0.4, -0.2) is 8.07 Å². The lowest BCUT2D eigenvalue weighted by Crippen LogP contribution is -2.67. The van der Waals surface area contributed by atoms with E-state index in [9.17, 15) is 5.26 Å². The summed E-state index contributed by atoms with van der Waals surface area (Å²) >= 11 is 0. The molecule has 4 rings (SSSR count). The highest BCUT2D eigenvalue weighted by atomic mass is 28.3. The molecule has 0 radical (unpaired) electrons. The van der Waals surface area contributed by atoms with E-state index in [-0.39, 0.29) is 0 Å². The fourth-order valence-corrected chi connectivity index (χ4v) is 9.94. The van der Waals surface area contributed by atoms with Gasteiger partial charge in [0.15, 0.2) is 0 Å². The Kier molecular flexibility index (Phi) is 6.68. The van der Waals surface area contributed by atoms with Crippen molar-refractivity contribution in [2.24, 2.45) is 0 Å². The normalized spacial score (nSPS) is 13.1. The van der Waals surface area contributed by atoms with Crippen LogP contribution < -0.4 is 15.6 Å². The zero-order chi connectivity index (χ0) is 22.3. The summed E-state index contributed by atoms with van der Waals surface area (Å²) in [7, 11) is -2.35. The molecule has 32 heavy (non-hydrogen) atoms. The maximum absolute atomic E-state index is 10.4. The van der Waals surface area contributed by atoms with Crippen molar-refractivity contribution in [3.05, 3.63) is 127 Å². The molecule has 0 aliphatic carbocycles. The van der Waals surface area contributed by atoms with Crippen LogP contribution in [0.15, 0.2) is 121 Å². The molecule has 0 aromatic heterocycles. The molecule has 1 atom stereocenters. The van der Waals surface area contributed by atoms with E-state index in [1.165, 1.54) is 15.6 Å².